The molecule has 2 atom stereocenters. The van der Waals surface area contributed by atoms with Crippen molar-refractivity contribution < 1.29 is 24.9 Å². The van der Waals surface area contributed by atoms with Crippen molar-refractivity contribution in [3.63, 3.8) is 0 Å². The highest BCUT2D eigenvalue weighted by Crippen LogP contribution is 2.13. The summed E-state index contributed by atoms with van der Waals surface area (Å²) in [5, 5.41) is 25.9. The second-order valence-corrected chi connectivity index (χ2v) is 2.66. The van der Waals surface area contributed by atoms with Crippen molar-refractivity contribution in [2.24, 2.45) is 0 Å². The van der Waals surface area contributed by atoms with Crippen molar-refractivity contribution >= 4 is 5.91 Å². The van der Waals surface area contributed by atoms with E-state index in [1.165, 1.54) is 11.9 Å². The molecule has 1 rings (SSSR count). The van der Waals surface area contributed by atoms with E-state index < -0.39 is 24.6 Å². The fourth-order valence-electron chi connectivity index (χ4n) is 1.12. The molecule has 0 saturated carbocycles. The second-order valence-electron chi connectivity index (χ2n) is 2.66. The maximum absolute atomic E-state index is 10.9. The molecule has 0 unspecified atom stereocenters. The summed E-state index contributed by atoms with van der Waals surface area (Å²) in [5.41, 5.74) is 0. The van der Waals surface area contributed by atoms with E-state index in [0.29, 0.717) is 0 Å². The van der Waals surface area contributed by atoms with E-state index in [0.717, 1.165) is 0 Å². The molecule has 1 aliphatic heterocycles. The van der Waals surface area contributed by atoms with Crippen LogP contribution in [0.5, 0.6) is 0 Å². The number of hydrogen-bond acceptors (Lipinski definition) is 5. The third kappa shape index (κ3) is 1.72. The Kier molecular flexibility index (Phi) is 2.63. The average molecular weight is 177 g/mol. The van der Waals surface area contributed by atoms with Crippen LogP contribution in [-0.2, 0) is 9.53 Å². The highest BCUT2D eigenvalue weighted by molar-refractivity contribution is 5.83. The lowest BCUT2D eigenvalue weighted by Gasteiger charge is -2.13. The number of likely N-dealkylation sites (tertiary alicyclic amines) is 1. The summed E-state index contributed by atoms with van der Waals surface area (Å²) in [4.78, 5) is 12.2. The van der Waals surface area contributed by atoms with E-state index in [2.05, 4.69) is 4.74 Å². The first kappa shape index (κ1) is 9.40. The molecule has 0 spiro atoms. The van der Waals surface area contributed by atoms with Crippen LogP contribution in [0.3, 0.4) is 0 Å². The molecule has 1 saturated heterocycles. The van der Waals surface area contributed by atoms with Crippen LogP contribution in [0.1, 0.15) is 0 Å². The van der Waals surface area contributed by atoms with Gasteiger partial charge in [0.2, 0.25) is 0 Å². The second kappa shape index (κ2) is 3.36. The smallest absolute Gasteiger partial charge is 0.266 e. The Morgan fingerprint density at radius 1 is 1.67 bits per heavy atom. The normalized spacial score (nSPS) is 30.4. The fraction of sp³-hybridized carbons (Fsp3) is 0.833. The van der Waals surface area contributed by atoms with Gasteiger partial charge in [-0.05, 0) is 0 Å². The van der Waals surface area contributed by atoms with Gasteiger partial charge in [-0.2, -0.15) is 0 Å². The van der Waals surface area contributed by atoms with E-state index in [9.17, 15) is 4.79 Å². The summed E-state index contributed by atoms with van der Waals surface area (Å²) in [5.74, 6) is -0.472. The zero-order chi connectivity index (χ0) is 9.30. The van der Waals surface area contributed by atoms with Gasteiger partial charge in [0.25, 0.3) is 12.4 Å². The van der Waals surface area contributed by atoms with Crippen molar-refractivity contribution in [3.8, 4) is 0 Å². The number of aliphatic hydroxyl groups excluding tert-OH is 2. The van der Waals surface area contributed by atoms with Gasteiger partial charge in [-0.15, -0.1) is 0 Å². The molecule has 1 aliphatic rings. The average Bonchev–Trinajstić information content (AvgIpc) is 2.17. The maximum Gasteiger partial charge on any atom is 0.266 e. The molecule has 0 bridgehead atoms. The number of carbonyl (C=O) groups is 1. The highest BCUT2D eigenvalue weighted by atomic mass is 16.7. The Hall–Kier alpha value is -0.690. The van der Waals surface area contributed by atoms with Crippen LogP contribution in [0.15, 0.2) is 0 Å². The minimum Gasteiger partial charge on any atom is -0.380 e. The summed E-state index contributed by atoms with van der Waals surface area (Å²) < 4.78 is 4.46. The summed E-state index contributed by atoms with van der Waals surface area (Å²) in [6.45, 7) is -1.79. The van der Waals surface area contributed by atoms with Crippen molar-refractivity contribution in [1.29, 1.82) is 0 Å². The van der Waals surface area contributed by atoms with E-state index >= 15 is 0 Å². The molecule has 1 fully saturated rings. The highest BCUT2D eigenvalue weighted by Gasteiger charge is 2.38. The van der Waals surface area contributed by atoms with E-state index in [-0.39, 0.29) is 6.54 Å². The van der Waals surface area contributed by atoms with Crippen LogP contribution in [-0.4, -0.2) is 58.4 Å². The monoisotopic (exact) mass is 177 g/mol. The third-order valence-electron chi connectivity index (χ3n) is 1.73. The molecule has 3 N–H and O–H groups in total. The zero-order valence-corrected chi connectivity index (χ0v) is 6.54. The lowest BCUT2D eigenvalue weighted by molar-refractivity contribution is -0.262. The van der Waals surface area contributed by atoms with Gasteiger partial charge in [0.1, 0.15) is 6.10 Å². The number of likely N-dealkylation sites (N-methyl/N-ethyl adjacent to an activating group) is 1. The lowest BCUT2D eigenvalue weighted by atomic mass is 10.2. The number of hydrogen-bond donors (Lipinski definition) is 3. The molecule has 12 heavy (non-hydrogen) atoms. The quantitative estimate of drug-likeness (QED) is 0.405. The Balaban J connectivity index is 2.53. The van der Waals surface area contributed by atoms with Gasteiger partial charge >= 0.3 is 0 Å². The Labute approximate surface area is 69.0 Å². The number of ether oxygens (including phenoxy) is 1. The van der Waals surface area contributed by atoms with Crippen molar-refractivity contribution in [2.45, 2.75) is 18.7 Å². The first-order chi connectivity index (χ1) is 5.52. The lowest BCUT2D eigenvalue weighted by Crippen LogP contribution is -2.33. The van der Waals surface area contributed by atoms with Crippen molar-refractivity contribution in [3.05, 3.63) is 0 Å². The Bertz CT molecular complexity index is 183. The number of aliphatic hydroxyl groups is 3. The number of rotatable bonds is 2. The van der Waals surface area contributed by atoms with Crippen LogP contribution < -0.4 is 0 Å². The van der Waals surface area contributed by atoms with E-state index in [4.69, 9.17) is 15.3 Å². The van der Waals surface area contributed by atoms with Gasteiger partial charge in [-0.25, -0.2) is 0 Å². The molecule has 0 radical (unpaired) electrons. The standard InChI is InChI=1S/C6H11NO5/c1-7-2-3(12-6(10)11)4(8)5(7)9/h3-4,6,8,10-11H,2H2,1H3/t3-,4+/m0/s1. The molecular weight excluding hydrogens is 166 g/mol. The molecule has 6 nitrogen and oxygen atoms in total. The summed E-state index contributed by atoms with van der Waals surface area (Å²) in [7, 11) is 1.50. The molecular formula is C6H11NO5. The molecule has 0 aromatic carbocycles. The Morgan fingerprint density at radius 2 is 2.25 bits per heavy atom. The molecule has 1 heterocycles. The molecule has 70 valence electrons. The van der Waals surface area contributed by atoms with Gasteiger partial charge in [0.05, 0.1) is 0 Å². The third-order valence-corrected chi connectivity index (χ3v) is 1.73. The number of amides is 1. The van der Waals surface area contributed by atoms with E-state index in [1.807, 2.05) is 0 Å². The van der Waals surface area contributed by atoms with Crippen LogP contribution >= 0.6 is 0 Å². The van der Waals surface area contributed by atoms with Crippen LogP contribution in [0.2, 0.25) is 0 Å². The first-order valence-corrected chi connectivity index (χ1v) is 3.47. The fourth-order valence-corrected chi connectivity index (χ4v) is 1.12. The minimum atomic E-state index is -1.95. The summed E-state index contributed by atoms with van der Waals surface area (Å²) >= 11 is 0. The van der Waals surface area contributed by atoms with Gasteiger partial charge in [-0.1, -0.05) is 0 Å². The number of carbonyl (C=O) groups excluding carboxylic acids is 1. The SMILES string of the molecule is CN1C[C@H](OC(O)O)[C@@H](O)C1=O. The topological polar surface area (TPSA) is 90.2 Å². The van der Waals surface area contributed by atoms with Crippen molar-refractivity contribution in [1.82, 2.24) is 4.90 Å². The first-order valence-electron chi connectivity index (χ1n) is 3.47. The predicted molar refractivity (Wildman–Crippen MR) is 36.7 cm³/mol. The largest absolute Gasteiger partial charge is 0.380 e. The zero-order valence-electron chi connectivity index (χ0n) is 6.54. The van der Waals surface area contributed by atoms with Crippen LogP contribution in [0, 0.1) is 0 Å². The summed E-state index contributed by atoms with van der Waals surface area (Å²) in [6, 6.07) is 0. The van der Waals surface area contributed by atoms with Gasteiger partial charge < -0.3 is 25.0 Å². The summed E-state index contributed by atoms with van der Waals surface area (Å²) in [6.07, 6.45) is -2.15. The maximum atomic E-state index is 10.9. The molecule has 1 amide bonds. The van der Waals surface area contributed by atoms with Crippen LogP contribution in [0.4, 0.5) is 0 Å². The molecule has 6 heteroatoms. The minimum absolute atomic E-state index is 0.164. The molecule has 0 aliphatic carbocycles. The van der Waals surface area contributed by atoms with Gasteiger partial charge in [0, 0.05) is 13.6 Å². The van der Waals surface area contributed by atoms with Gasteiger partial charge in [-0.3, -0.25) is 4.79 Å². The predicted octanol–water partition coefficient (Wildman–Crippen LogP) is -2.53. The number of nitrogens with zero attached hydrogens (tertiary/aromatic N) is 1. The molecule has 0 aromatic heterocycles. The van der Waals surface area contributed by atoms with Gasteiger partial charge in [0.15, 0.2) is 6.10 Å². The van der Waals surface area contributed by atoms with Crippen LogP contribution in [0.25, 0.3) is 0 Å². The van der Waals surface area contributed by atoms with E-state index in [1.54, 1.807) is 0 Å². The Morgan fingerprint density at radius 3 is 2.58 bits per heavy atom. The van der Waals surface area contributed by atoms with Crippen molar-refractivity contribution in [2.75, 3.05) is 13.6 Å². The molecule has 0 aromatic rings.